The number of hydrogen-bond donors (Lipinski definition) is 1. The van der Waals surface area contributed by atoms with Gasteiger partial charge in [-0.1, -0.05) is 30.3 Å². The quantitative estimate of drug-likeness (QED) is 0.567. The van der Waals surface area contributed by atoms with Crippen molar-refractivity contribution in [1.29, 1.82) is 0 Å². The van der Waals surface area contributed by atoms with Gasteiger partial charge >= 0.3 is 0 Å². The molecule has 0 aliphatic heterocycles. The van der Waals surface area contributed by atoms with Gasteiger partial charge in [0.15, 0.2) is 5.78 Å². The van der Waals surface area contributed by atoms with Crippen molar-refractivity contribution in [2.24, 2.45) is 0 Å². The van der Waals surface area contributed by atoms with E-state index in [0.29, 0.717) is 27.7 Å². The summed E-state index contributed by atoms with van der Waals surface area (Å²) in [6, 6.07) is 12.3. The van der Waals surface area contributed by atoms with E-state index in [1.807, 2.05) is 16.7 Å². The van der Waals surface area contributed by atoms with Crippen molar-refractivity contribution < 1.29 is 22.5 Å². The highest BCUT2D eigenvalue weighted by Gasteiger charge is 2.34. The van der Waals surface area contributed by atoms with Gasteiger partial charge in [-0.2, -0.15) is 8.42 Å². The number of phenolic OH excluding ortho intramolecular Hbond substituents is 1. The van der Waals surface area contributed by atoms with E-state index in [-0.39, 0.29) is 24.7 Å². The fourth-order valence-electron chi connectivity index (χ4n) is 3.42. The Morgan fingerprint density at radius 3 is 2.52 bits per heavy atom. The second-order valence-electron chi connectivity index (χ2n) is 5.95. The van der Waals surface area contributed by atoms with Crippen molar-refractivity contribution in [3.05, 3.63) is 53.6 Å². The van der Waals surface area contributed by atoms with Crippen LogP contribution in [0.25, 0.3) is 22.2 Å². The molecular weight excluding hydrogens is 342 g/mol. The highest BCUT2D eigenvalue weighted by molar-refractivity contribution is 7.85. The van der Waals surface area contributed by atoms with E-state index in [1.54, 1.807) is 24.3 Å². The van der Waals surface area contributed by atoms with Gasteiger partial charge in [-0.3, -0.25) is 8.98 Å². The van der Waals surface area contributed by atoms with E-state index in [1.165, 1.54) is 6.07 Å². The Bertz CT molecular complexity index is 1130. The molecule has 0 fully saturated rings. The molecule has 0 unspecified atom stereocenters. The Hall–Kier alpha value is -2.64. The highest BCUT2D eigenvalue weighted by Crippen LogP contribution is 2.45. The maximum Gasteiger partial charge on any atom is 0.264 e. The Morgan fingerprint density at radius 2 is 1.80 bits per heavy atom. The SMILES string of the molecule is CS(=O)(=O)OCCn1c2c(c3c(O)cccc31)C(=O)c1ccccc1-2. The number of ketones is 1. The van der Waals surface area contributed by atoms with Gasteiger partial charge in [-0.25, -0.2) is 0 Å². The second-order valence-corrected chi connectivity index (χ2v) is 7.59. The number of benzene rings is 2. The Balaban J connectivity index is 1.95. The molecule has 0 saturated carbocycles. The first-order chi connectivity index (χ1) is 11.9. The minimum Gasteiger partial charge on any atom is -0.507 e. The first-order valence-corrected chi connectivity index (χ1v) is 9.53. The minimum atomic E-state index is -3.55. The lowest BCUT2D eigenvalue weighted by Crippen LogP contribution is -2.11. The van der Waals surface area contributed by atoms with E-state index >= 15 is 0 Å². The summed E-state index contributed by atoms with van der Waals surface area (Å²) in [6.45, 7) is 0.186. The Kier molecular flexibility index (Phi) is 3.45. The zero-order chi connectivity index (χ0) is 17.8. The zero-order valence-electron chi connectivity index (χ0n) is 13.4. The number of carbonyl (C=O) groups excluding carboxylic acids is 1. The fourth-order valence-corrected chi connectivity index (χ4v) is 3.80. The first kappa shape index (κ1) is 15.9. The maximum absolute atomic E-state index is 12.8. The molecule has 2 aromatic carbocycles. The molecule has 1 aliphatic rings. The predicted octanol–water partition coefficient (Wildman–Crippen LogP) is 2.53. The molecule has 0 atom stereocenters. The number of fused-ring (bicyclic) bond motifs is 5. The van der Waals surface area contributed by atoms with Gasteiger partial charge in [0.25, 0.3) is 10.1 Å². The molecule has 25 heavy (non-hydrogen) atoms. The van der Waals surface area contributed by atoms with Gasteiger partial charge in [0.2, 0.25) is 0 Å². The Labute approximate surface area is 144 Å². The van der Waals surface area contributed by atoms with Crippen LogP contribution in [0.1, 0.15) is 15.9 Å². The van der Waals surface area contributed by atoms with Crippen LogP contribution >= 0.6 is 0 Å². The van der Waals surface area contributed by atoms with Crippen LogP contribution in [0.2, 0.25) is 0 Å². The molecule has 128 valence electrons. The third-order valence-electron chi connectivity index (χ3n) is 4.33. The lowest BCUT2D eigenvalue weighted by molar-refractivity contribution is 0.104. The van der Waals surface area contributed by atoms with Gasteiger partial charge in [0.1, 0.15) is 5.75 Å². The molecule has 1 heterocycles. The second kappa shape index (κ2) is 5.44. The van der Waals surface area contributed by atoms with Gasteiger partial charge < -0.3 is 9.67 Å². The normalized spacial score (nSPS) is 13.2. The molecule has 1 aliphatic carbocycles. The van der Waals surface area contributed by atoms with Crippen LogP contribution in [0.4, 0.5) is 0 Å². The van der Waals surface area contributed by atoms with Gasteiger partial charge in [0.05, 0.1) is 35.0 Å². The molecule has 1 N–H and O–H groups in total. The van der Waals surface area contributed by atoms with E-state index in [4.69, 9.17) is 4.18 Å². The molecule has 6 nitrogen and oxygen atoms in total. The molecule has 0 amide bonds. The summed E-state index contributed by atoms with van der Waals surface area (Å²) >= 11 is 0. The lowest BCUT2D eigenvalue weighted by Gasteiger charge is -2.10. The van der Waals surface area contributed by atoms with Crippen LogP contribution < -0.4 is 0 Å². The molecule has 0 spiro atoms. The van der Waals surface area contributed by atoms with Crippen LogP contribution in [0.15, 0.2) is 42.5 Å². The first-order valence-electron chi connectivity index (χ1n) is 7.71. The molecule has 0 bridgehead atoms. The van der Waals surface area contributed by atoms with Gasteiger partial charge in [0, 0.05) is 17.7 Å². The van der Waals surface area contributed by atoms with E-state index < -0.39 is 10.1 Å². The molecule has 0 saturated heterocycles. The summed E-state index contributed by atoms with van der Waals surface area (Å²) in [5.41, 5.74) is 3.17. The lowest BCUT2D eigenvalue weighted by atomic mass is 10.1. The van der Waals surface area contributed by atoms with Crippen LogP contribution in [-0.4, -0.2) is 36.7 Å². The van der Waals surface area contributed by atoms with E-state index in [0.717, 1.165) is 11.8 Å². The number of aromatic nitrogens is 1. The van der Waals surface area contributed by atoms with Crippen LogP contribution in [-0.2, 0) is 20.8 Å². The summed E-state index contributed by atoms with van der Waals surface area (Å²) in [5, 5.41) is 10.8. The largest absolute Gasteiger partial charge is 0.507 e. The molecule has 4 rings (SSSR count). The summed E-state index contributed by atoms with van der Waals surface area (Å²) in [7, 11) is -3.55. The van der Waals surface area contributed by atoms with E-state index in [2.05, 4.69) is 0 Å². The van der Waals surface area contributed by atoms with Gasteiger partial charge in [-0.05, 0) is 12.1 Å². The van der Waals surface area contributed by atoms with Crippen LogP contribution in [0, 0.1) is 0 Å². The number of nitrogens with zero attached hydrogens (tertiary/aromatic N) is 1. The standard InChI is InChI=1S/C18H15NO5S/c1-25(22,23)24-10-9-19-13-7-4-8-14(20)15(13)16-17(19)11-5-2-3-6-12(11)18(16)21/h2-8,20H,9-10H2,1H3. The molecule has 3 aromatic rings. The predicted molar refractivity (Wildman–Crippen MR) is 93.3 cm³/mol. The molecule has 0 radical (unpaired) electrons. The number of aromatic hydroxyl groups is 1. The highest BCUT2D eigenvalue weighted by atomic mass is 32.2. The topological polar surface area (TPSA) is 85.6 Å². The van der Waals surface area contributed by atoms with Crippen molar-refractivity contribution in [1.82, 2.24) is 4.57 Å². The summed E-state index contributed by atoms with van der Waals surface area (Å²) in [6.07, 6.45) is 0.996. The van der Waals surface area contributed by atoms with Gasteiger partial charge in [-0.15, -0.1) is 0 Å². The molecular formula is C18H15NO5S. The van der Waals surface area contributed by atoms with Crippen LogP contribution in [0.5, 0.6) is 5.75 Å². The summed E-state index contributed by atoms with van der Waals surface area (Å²) < 4.78 is 29.2. The molecule has 7 heteroatoms. The van der Waals surface area contributed by atoms with E-state index in [9.17, 15) is 18.3 Å². The third-order valence-corrected chi connectivity index (χ3v) is 4.93. The minimum absolute atomic E-state index is 0.0256. The van der Waals surface area contributed by atoms with Crippen molar-refractivity contribution in [2.45, 2.75) is 6.54 Å². The summed E-state index contributed by atoms with van der Waals surface area (Å²) in [4.78, 5) is 12.8. The average molecular weight is 357 g/mol. The third kappa shape index (κ3) is 2.43. The smallest absolute Gasteiger partial charge is 0.264 e. The monoisotopic (exact) mass is 357 g/mol. The summed E-state index contributed by atoms with van der Waals surface area (Å²) in [5.74, 6) is -0.113. The van der Waals surface area contributed by atoms with Crippen molar-refractivity contribution >= 4 is 26.8 Å². The molecule has 1 aromatic heterocycles. The number of carbonyl (C=O) groups is 1. The Morgan fingerprint density at radius 1 is 1.08 bits per heavy atom. The average Bonchev–Trinajstić information content (AvgIpc) is 3.03. The number of rotatable bonds is 4. The van der Waals surface area contributed by atoms with Crippen molar-refractivity contribution in [2.75, 3.05) is 12.9 Å². The zero-order valence-corrected chi connectivity index (χ0v) is 14.2. The fraction of sp³-hybridized carbons (Fsp3) is 0.167. The number of hydrogen-bond acceptors (Lipinski definition) is 5. The number of phenols is 1. The van der Waals surface area contributed by atoms with Crippen molar-refractivity contribution in [3.8, 4) is 17.0 Å². The van der Waals surface area contributed by atoms with Crippen LogP contribution in [0.3, 0.4) is 0 Å². The maximum atomic E-state index is 12.8. The van der Waals surface area contributed by atoms with Crippen molar-refractivity contribution in [3.63, 3.8) is 0 Å².